The number of nitrogens with two attached hydrogens (primary N) is 1. The summed E-state index contributed by atoms with van der Waals surface area (Å²) in [4.78, 5) is 0.497. The largest absolute Gasteiger partial charge is 0.647 e. The molecule has 0 fully saturated rings. The molecule has 1 aromatic carbocycles. The number of phosphoric acid groups is 1. The molecular weight excluding hydrogens is 213 g/mol. The molecule has 2 aliphatic heterocycles. The van der Waals surface area contributed by atoms with Crippen LogP contribution in [0.1, 0.15) is 0 Å². The van der Waals surface area contributed by atoms with Gasteiger partial charge < -0.3 is 19.3 Å². The van der Waals surface area contributed by atoms with Crippen molar-refractivity contribution in [2.75, 3.05) is 5.73 Å². The van der Waals surface area contributed by atoms with Crippen molar-refractivity contribution < 1.29 is 18.1 Å². The molecule has 3 rings (SSSR count). The van der Waals surface area contributed by atoms with Gasteiger partial charge in [-0.3, -0.25) is 0 Å². The maximum Gasteiger partial charge on any atom is 0.647 e. The average molecular weight is 217 g/mol. The van der Waals surface area contributed by atoms with Crippen molar-refractivity contribution in [2.24, 2.45) is 0 Å². The lowest BCUT2D eigenvalue weighted by molar-refractivity contribution is 0.352. The molecule has 68 valence electrons. The second-order valence-corrected chi connectivity index (χ2v) is 4.62. The molecule has 5 nitrogen and oxygen atoms in total. The van der Waals surface area contributed by atoms with Gasteiger partial charge in [0.2, 0.25) is 11.5 Å². The Morgan fingerprint density at radius 2 is 1.85 bits per heavy atom. The molecule has 0 saturated heterocycles. The fraction of sp³-hybridized carbons (Fsp3) is 0. The molecular formula is C6H4NO4PS. The van der Waals surface area contributed by atoms with Crippen LogP contribution < -0.4 is 19.3 Å². The van der Waals surface area contributed by atoms with Crippen LogP contribution in [-0.4, -0.2) is 0 Å². The molecule has 1 aromatic rings. The van der Waals surface area contributed by atoms with Gasteiger partial charge in [-0.15, -0.1) is 12.6 Å². The summed E-state index contributed by atoms with van der Waals surface area (Å²) in [5.74, 6) is 0.942. The van der Waals surface area contributed by atoms with Crippen LogP contribution in [0, 0.1) is 0 Å². The fourth-order valence-corrected chi connectivity index (χ4v) is 2.96. The highest BCUT2D eigenvalue weighted by atomic mass is 32.1. The van der Waals surface area contributed by atoms with E-state index >= 15 is 0 Å². The fourth-order valence-electron chi connectivity index (χ4n) is 1.29. The summed E-state index contributed by atoms with van der Waals surface area (Å²) >= 11 is 4.10. The van der Waals surface area contributed by atoms with Crippen molar-refractivity contribution in [1.29, 1.82) is 0 Å². The molecule has 2 bridgehead atoms. The number of fused-ring (bicyclic) bond motifs is 1. The highest BCUT2D eigenvalue weighted by Gasteiger charge is 2.51. The molecule has 0 aliphatic carbocycles. The number of phosphoric ester groups is 1. The van der Waals surface area contributed by atoms with Gasteiger partial charge in [0.1, 0.15) is 0 Å². The van der Waals surface area contributed by atoms with Gasteiger partial charge in [-0.2, -0.15) is 4.57 Å². The van der Waals surface area contributed by atoms with Crippen LogP contribution in [0.25, 0.3) is 0 Å². The number of thiol groups is 1. The van der Waals surface area contributed by atoms with E-state index in [9.17, 15) is 4.57 Å². The summed E-state index contributed by atoms with van der Waals surface area (Å²) < 4.78 is 26.2. The number of nitrogen functional groups attached to an aromatic ring is 1. The van der Waals surface area contributed by atoms with Crippen LogP contribution in [0.2, 0.25) is 0 Å². The SMILES string of the molecule is Nc1cc(S)c2c3c1OP(=O)(O2)O3. The summed E-state index contributed by atoms with van der Waals surface area (Å²) in [5, 5.41) is 0. The first kappa shape index (κ1) is 7.41. The van der Waals surface area contributed by atoms with E-state index in [1.54, 1.807) is 6.07 Å². The smallest absolute Gasteiger partial charge is 0.396 e. The zero-order chi connectivity index (χ0) is 9.22. The van der Waals surface area contributed by atoms with Crippen molar-refractivity contribution in [3.8, 4) is 17.2 Å². The lowest BCUT2D eigenvalue weighted by atomic mass is 10.2. The second kappa shape index (κ2) is 1.91. The molecule has 13 heavy (non-hydrogen) atoms. The third-order valence-corrected chi connectivity index (χ3v) is 3.36. The lowest BCUT2D eigenvalue weighted by Crippen LogP contribution is -2.00. The van der Waals surface area contributed by atoms with Crippen molar-refractivity contribution in [3.05, 3.63) is 6.07 Å². The van der Waals surface area contributed by atoms with Crippen molar-refractivity contribution in [3.63, 3.8) is 0 Å². The van der Waals surface area contributed by atoms with Gasteiger partial charge in [0.25, 0.3) is 0 Å². The Morgan fingerprint density at radius 3 is 2.54 bits per heavy atom. The third kappa shape index (κ3) is 0.771. The van der Waals surface area contributed by atoms with Crippen molar-refractivity contribution >= 4 is 26.1 Å². The molecule has 2 N–H and O–H groups in total. The Morgan fingerprint density at radius 1 is 1.23 bits per heavy atom. The van der Waals surface area contributed by atoms with Gasteiger partial charge >= 0.3 is 7.82 Å². The number of hydrogen-bond acceptors (Lipinski definition) is 6. The number of hydrogen-bond donors (Lipinski definition) is 2. The molecule has 0 spiro atoms. The summed E-state index contributed by atoms with van der Waals surface area (Å²) in [6.07, 6.45) is 0. The Kier molecular flexibility index (Phi) is 1.09. The van der Waals surface area contributed by atoms with Gasteiger partial charge in [0.05, 0.1) is 10.6 Å². The minimum absolute atomic E-state index is 0.294. The first-order chi connectivity index (χ1) is 6.09. The maximum absolute atomic E-state index is 11.5. The van der Waals surface area contributed by atoms with Gasteiger partial charge in [-0.05, 0) is 6.07 Å². The van der Waals surface area contributed by atoms with Gasteiger partial charge in [-0.1, -0.05) is 0 Å². The van der Waals surface area contributed by atoms with Gasteiger partial charge in [-0.25, -0.2) is 0 Å². The topological polar surface area (TPSA) is 70.8 Å². The van der Waals surface area contributed by atoms with Crippen LogP contribution in [0.5, 0.6) is 17.2 Å². The van der Waals surface area contributed by atoms with E-state index < -0.39 is 7.82 Å². The predicted molar refractivity (Wildman–Crippen MR) is 47.6 cm³/mol. The molecule has 0 amide bonds. The first-order valence-corrected chi connectivity index (χ1v) is 5.34. The Bertz CT molecular complexity index is 440. The monoisotopic (exact) mass is 217 g/mol. The summed E-state index contributed by atoms with van der Waals surface area (Å²) in [6, 6.07) is 1.56. The maximum atomic E-state index is 11.5. The van der Waals surface area contributed by atoms with Crippen LogP contribution in [0.15, 0.2) is 11.0 Å². The molecule has 2 heterocycles. The van der Waals surface area contributed by atoms with Crippen LogP contribution in [0.3, 0.4) is 0 Å². The zero-order valence-electron chi connectivity index (χ0n) is 6.18. The minimum atomic E-state index is -3.43. The Hall–Kier alpha value is -1.00. The molecule has 7 heteroatoms. The molecule has 0 aromatic heterocycles. The number of benzene rings is 1. The van der Waals surface area contributed by atoms with E-state index in [2.05, 4.69) is 12.6 Å². The zero-order valence-corrected chi connectivity index (χ0v) is 7.97. The number of rotatable bonds is 0. The van der Waals surface area contributed by atoms with Gasteiger partial charge in [0, 0.05) is 0 Å². The first-order valence-electron chi connectivity index (χ1n) is 3.43. The molecule has 0 radical (unpaired) electrons. The standard InChI is InChI=1S/C6H4NO4PS/c7-2-1-3(13)5-6-4(2)9-12(8,10-5)11-6/h1,13H,7H2. The molecule has 1 atom stereocenters. The summed E-state index contributed by atoms with van der Waals surface area (Å²) in [5.41, 5.74) is 5.94. The van der Waals surface area contributed by atoms with Gasteiger partial charge in [0.15, 0.2) is 5.75 Å². The second-order valence-electron chi connectivity index (χ2n) is 2.69. The predicted octanol–water partition coefficient (Wildman–Crippen LogP) is 1.83. The van der Waals surface area contributed by atoms with E-state index in [1.807, 2.05) is 0 Å². The summed E-state index contributed by atoms with van der Waals surface area (Å²) in [7, 11) is -3.43. The minimum Gasteiger partial charge on any atom is -0.396 e. The lowest BCUT2D eigenvalue weighted by Gasteiger charge is -2.12. The van der Waals surface area contributed by atoms with Crippen molar-refractivity contribution in [1.82, 2.24) is 0 Å². The molecule has 1 unspecified atom stereocenters. The van der Waals surface area contributed by atoms with E-state index in [0.717, 1.165) is 0 Å². The Balaban J connectivity index is 2.41. The Labute approximate surface area is 78.8 Å². The highest BCUT2D eigenvalue weighted by Crippen LogP contribution is 2.71. The molecule has 2 aliphatic rings. The number of anilines is 1. The normalized spacial score (nSPS) is 26.5. The van der Waals surface area contributed by atoms with Crippen LogP contribution >= 0.6 is 20.5 Å². The van der Waals surface area contributed by atoms with Crippen LogP contribution in [-0.2, 0) is 4.57 Å². The quantitative estimate of drug-likeness (QED) is 0.394. The average Bonchev–Trinajstić information content (AvgIpc) is 2.54. The van der Waals surface area contributed by atoms with E-state index in [4.69, 9.17) is 19.3 Å². The molecule has 0 saturated carbocycles. The van der Waals surface area contributed by atoms with Crippen LogP contribution in [0.4, 0.5) is 5.69 Å². The van der Waals surface area contributed by atoms with E-state index in [1.165, 1.54) is 0 Å². The third-order valence-electron chi connectivity index (χ3n) is 1.81. The van der Waals surface area contributed by atoms with Crippen molar-refractivity contribution in [2.45, 2.75) is 4.90 Å². The highest BCUT2D eigenvalue weighted by molar-refractivity contribution is 7.80. The summed E-state index contributed by atoms with van der Waals surface area (Å²) in [6.45, 7) is 0. The van der Waals surface area contributed by atoms with E-state index in [0.29, 0.717) is 27.8 Å². The van der Waals surface area contributed by atoms with E-state index in [-0.39, 0.29) is 0 Å².